The van der Waals surface area contributed by atoms with Gasteiger partial charge in [-0.15, -0.1) is 0 Å². The third-order valence-corrected chi connectivity index (χ3v) is 4.25. The molecule has 120 valence electrons. The number of aryl methyl sites for hydroxylation is 5. The fourth-order valence-corrected chi connectivity index (χ4v) is 3.03. The van der Waals surface area contributed by atoms with E-state index in [4.69, 9.17) is 16.8 Å². The maximum absolute atomic E-state index is 7.90. The summed E-state index contributed by atoms with van der Waals surface area (Å²) in [5.41, 5.74) is 1.77. The molecule has 0 atom stereocenters. The molecule has 0 bridgehead atoms. The van der Waals surface area contributed by atoms with Crippen LogP contribution in [0.15, 0.2) is 40.9 Å². The average Bonchev–Trinajstić information content (AvgIpc) is 3.03. The summed E-state index contributed by atoms with van der Waals surface area (Å²) < 4.78 is 77.4. The molecule has 0 saturated carbocycles. The number of pyridine rings is 2. The van der Waals surface area contributed by atoms with E-state index in [1.54, 1.807) is 17.7 Å². The Bertz CT molecular complexity index is 1400. The molecule has 0 N–H and O–H groups in total. The predicted octanol–water partition coefficient (Wildman–Crippen LogP) is 4.71. The summed E-state index contributed by atoms with van der Waals surface area (Å²) in [6.45, 7) is -5.80. The van der Waals surface area contributed by atoms with Crippen LogP contribution in [0, 0.1) is 27.5 Å². The lowest BCUT2D eigenvalue weighted by molar-refractivity contribution is -0.660. The van der Waals surface area contributed by atoms with Gasteiger partial charge in [0.1, 0.15) is 7.05 Å². The van der Waals surface area contributed by atoms with Gasteiger partial charge in [0.25, 0.3) is 0 Å². The normalized spacial score (nSPS) is 18.7. The van der Waals surface area contributed by atoms with Crippen molar-refractivity contribution >= 4 is 22.1 Å². The first kappa shape index (κ1) is 7.93. The second-order valence-electron chi connectivity index (χ2n) is 5.88. The minimum atomic E-state index is -2.64. The molecule has 0 radical (unpaired) electrons. The zero-order valence-corrected chi connectivity index (χ0v) is 13.3. The highest BCUT2D eigenvalue weighted by molar-refractivity contribution is 6.08. The van der Waals surface area contributed by atoms with E-state index < -0.39 is 20.6 Å². The van der Waals surface area contributed by atoms with Crippen molar-refractivity contribution in [3.63, 3.8) is 0 Å². The van der Waals surface area contributed by atoms with E-state index in [2.05, 4.69) is 4.98 Å². The molecule has 0 spiro atoms. The van der Waals surface area contributed by atoms with Crippen LogP contribution in [-0.4, -0.2) is 4.98 Å². The molecule has 0 fully saturated rings. The standard InChI is InChI=1S/C21H21N2O/c1-12-6-8-16-17-9-7-15(4)22-21(17)24-20(16)19(12)18-10-13(2)14(3)11-23(18)5/h6-11H,1-5H3/q+1/i2D3,3D3,4D3. The van der Waals surface area contributed by atoms with Crippen LogP contribution < -0.4 is 4.57 Å². The van der Waals surface area contributed by atoms with E-state index >= 15 is 0 Å². The molecule has 0 aliphatic heterocycles. The van der Waals surface area contributed by atoms with Gasteiger partial charge in [0.2, 0.25) is 11.4 Å². The van der Waals surface area contributed by atoms with Crippen LogP contribution >= 0.6 is 0 Å². The van der Waals surface area contributed by atoms with Crippen LogP contribution in [0.5, 0.6) is 0 Å². The Hall–Kier alpha value is -2.68. The van der Waals surface area contributed by atoms with Gasteiger partial charge in [0, 0.05) is 40.4 Å². The van der Waals surface area contributed by atoms with Gasteiger partial charge in [-0.3, -0.25) is 0 Å². The molecular formula is C21H21N2O+. The SMILES string of the molecule is [2H]C([2H])([2H])c1ccc2c(n1)oc1c(-c3cc(C([2H])([2H])[2H])c(C([2H])([2H])[2H])c[n+]3C)c(C)ccc12. The molecule has 24 heavy (non-hydrogen) atoms. The number of hydrogen-bond donors (Lipinski definition) is 0. The molecule has 0 saturated heterocycles. The van der Waals surface area contributed by atoms with E-state index in [1.807, 2.05) is 19.1 Å². The minimum absolute atomic E-state index is 0.0930. The second-order valence-corrected chi connectivity index (χ2v) is 5.88. The monoisotopic (exact) mass is 326 g/mol. The van der Waals surface area contributed by atoms with Crippen molar-refractivity contribution in [2.75, 3.05) is 0 Å². The van der Waals surface area contributed by atoms with Gasteiger partial charge in [0.05, 0.1) is 5.56 Å². The molecule has 0 aliphatic rings. The molecule has 4 rings (SSSR count). The largest absolute Gasteiger partial charge is 0.437 e. The molecule has 3 heteroatoms. The van der Waals surface area contributed by atoms with Crippen LogP contribution in [-0.2, 0) is 7.05 Å². The second kappa shape index (κ2) is 5.17. The van der Waals surface area contributed by atoms with Crippen LogP contribution in [0.3, 0.4) is 0 Å². The first-order valence-electron chi connectivity index (χ1n) is 12.0. The first-order chi connectivity index (χ1) is 15.1. The topological polar surface area (TPSA) is 29.9 Å². The fourth-order valence-electron chi connectivity index (χ4n) is 3.03. The highest BCUT2D eigenvalue weighted by Gasteiger charge is 2.21. The lowest BCUT2D eigenvalue weighted by atomic mass is 9.99. The fraction of sp³-hybridized carbons (Fsp3) is 0.238. The Morgan fingerprint density at radius 3 is 2.62 bits per heavy atom. The Labute approximate surface area is 154 Å². The van der Waals surface area contributed by atoms with Crippen LogP contribution in [0.4, 0.5) is 0 Å². The van der Waals surface area contributed by atoms with E-state index in [0.717, 1.165) is 5.56 Å². The maximum Gasteiger partial charge on any atom is 0.227 e. The zero-order valence-electron chi connectivity index (χ0n) is 22.3. The van der Waals surface area contributed by atoms with Gasteiger partial charge in [-0.2, -0.15) is 0 Å². The molecule has 3 heterocycles. The lowest BCUT2D eigenvalue weighted by Crippen LogP contribution is -2.31. The van der Waals surface area contributed by atoms with Crippen molar-refractivity contribution in [2.45, 2.75) is 27.5 Å². The Balaban J connectivity index is 2.06. The predicted molar refractivity (Wildman–Crippen MR) is 97.1 cm³/mol. The number of fused-ring (bicyclic) bond motifs is 3. The van der Waals surface area contributed by atoms with Gasteiger partial charge in [-0.05, 0) is 50.7 Å². The van der Waals surface area contributed by atoms with Crippen LogP contribution in [0.2, 0.25) is 0 Å². The lowest BCUT2D eigenvalue weighted by Gasteiger charge is -2.07. The quantitative estimate of drug-likeness (QED) is 0.474. The molecule has 0 aliphatic carbocycles. The molecule has 4 aromatic rings. The van der Waals surface area contributed by atoms with Crippen molar-refractivity contribution < 1.29 is 21.3 Å². The van der Waals surface area contributed by atoms with Gasteiger partial charge >= 0.3 is 0 Å². The summed E-state index contributed by atoms with van der Waals surface area (Å²) in [5.74, 6) is 0. The molecular weight excluding hydrogens is 296 g/mol. The maximum atomic E-state index is 7.90. The summed E-state index contributed by atoms with van der Waals surface area (Å²) >= 11 is 0. The highest BCUT2D eigenvalue weighted by Crippen LogP contribution is 2.36. The first-order valence-corrected chi connectivity index (χ1v) is 7.47. The van der Waals surface area contributed by atoms with E-state index in [9.17, 15) is 0 Å². The zero-order chi connectivity index (χ0) is 24.5. The smallest absolute Gasteiger partial charge is 0.227 e. The van der Waals surface area contributed by atoms with Gasteiger partial charge in [0.15, 0.2) is 11.8 Å². The van der Waals surface area contributed by atoms with E-state index in [1.165, 1.54) is 18.3 Å². The summed E-state index contributed by atoms with van der Waals surface area (Å²) in [7, 11) is 1.64. The molecule has 0 amide bonds. The van der Waals surface area contributed by atoms with Crippen molar-refractivity contribution in [3.05, 3.63) is 58.9 Å². The summed E-state index contributed by atoms with van der Waals surface area (Å²) in [5, 5.41) is 1.31. The van der Waals surface area contributed by atoms with Crippen LogP contribution in [0.25, 0.3) is 33.3 Å². The number of nitrogens with zero attached hydrogens (tertiary/aromatic N) is 2. The highest BCUT2D eigenvalue weighted by atomic mass is 16.3. The van der Waals surface area contributed by atoms with Crippen molar-refractivity contribution in [3.8, 4) is 11.3 Å². The number of rotatable bonds is 1. The van der Waals surface area contributed by atoms with Gasteiger partial charge < -0.3 is 4.42 Å². The van der Waals surface area contributed by atoms with E-state index in [0.29, 0.717) is 27.6 Å². The Morgan fingerprint density at radius 1 is 1.00 bits per heavy atom. The van der Waals surface area contributed by atoms with Crippen LogP contribution in [0.1, 0.15) is 34.7 Å². The number of benzene rings is 1. The Morgan fingerprint density at radius 2 is 1.83 bits per heavy atom. The molecule has 3 aromatic heterocycles. The van der Waals surface area contributed by atoms with Gasteiger partial charge in [-0.25, -0.2) is 9.55 Å². The van der Waals surface area contributed by atoms with Gasteiger partial charge in [-0.1, -0.05) is 12.1 Å². The Kier molecular flexibility index (Phi) is 1.71. The van der Waals surface area contributed by atoms with Crippen molar-refractivity contribution in [1.82, 2.24) is 4.98 Å². The molecule has 0 unspecified atom stereocenters. The summed E-state index contributed by atoms with van der Waals surface area (Å²) in [6.07, 6.45) is 1.32. The number of aromatic nitrogens is 2. The summed E-state index contributed by atoms with van der Waals surface area (Å²) in [6, 6.07) is 8.11. The van der Waals surface area contributed by atoms with Crippen molar-refractivity contribution in [2.24, 2.45) is 7.05 Å². The van der Waals surface area contributed by atoms with E-state index in [-0.39, 0.29) is 22.5 Å². The minimum Gasteiger partial charge on any atom is -0.437 e. The number of hydrogen-bond acceptors (Lipinski definition) is 2. The third kappa shape index (κ3) is 2.12. The average molecular weight is 326 g/mol. The third-order valence-electron chi connectivity index (χ3n) is 4.25. The number of furan rings is 1. The molecule has 1 aromatic carbocycles. The molecule has 3 nitrogen and oxygen atoms in total. The van der Waals surface area contributed by atoms with Crippen molar-refractivity contribution in [1.29, 1.82) is 0 Å². The summed E-state index contributed by atoms with van der Waals surface area (Å²) in [4.78, 5) is 4.17.